The molecule has 20 heavy (non-hydrogen) atoms. The zero-order valence-corrected chi connectivity index (χ0v) is 11.0. The van der Waals surface area contributed by atoms with Gasteiger partial charge in [-0.15, -0.1) is 0 Å². The Morgan fingerprint density at radius 3 is 2.65 bits per heavy atom. The molecule has 104 valence electrons. The molecule has 0 aliphatic heterocycles. The highest BCUT2D eigenvalue weighted by atomic mass is 35.5. The van der Waals surface area contributed by atoms with E-state index in [-0.39, 0.29) is 12.3 Å². The molecule has 2 rings (SSSR count). The highest BCUT2D eigenvalue weighted by molar-refractivity contribution is 6.30. The van der Waals surface area contributed by atoms with Crippen LogP contribution in [-0.2, 0) is 11.3 Å². The van der Waals surface area contributed by atoms with Crippen molar-refractivity contribution in [2.24, 2.45) is 0 Å². The van der Waals surface area contributed by atoms with Crippen molar-refractivity contribution in [2.75, 3.05) is 5.73 Å². The third-order valence-electron chi connectivity index (χ3n) is 2.57. The van der Waals surface area contributed by atoms with E-state index in [1.807, 2.05) is 0 Å². The molecule has 0 aromatic heterocycles. The van der Waals surface area contributed by atoms with Crippen molar-refractivity contribution in [3.63, 3.8) is 0 Å². The number of hydrogen-bond acceptors (Lipinski definition) is 3. The molecule has 0 atom stereocenters. The van der Waals surface area contributed by atoms with Crippen LogP contribution < -0.4 is 5.73 Å². The van der Waals surface area contributed by atoms with E-state index in [4.69, 9.17) is 22.1 Å². The van der Waals surface area contributed by atoms with Crippen LogP contribution in [0.5, 0.6) is 0 Å². The van der Waals surface area contributed by atoms with Gasteiger partial charge in [-0.3, -0.25) is 0 Å². The number of hydrogen-bond donors (Lipinski definition) is 1. The summed E-state index contributed by atoms with van der Waals surface area (Å²) in [6, 6.07) is 8.11. The van der Waals surface area contributed by atoms with Crippen molar-refractivity contribution in [1.29, 1.82) is 0 Å². The Bertz CT molecular complexity index is 662. The summed E-state index contributed by atoms with van der Waals surface area (Å²) in [5, 5.41) is 0.489. The summed E-state index contributed by atoms with van der Waals surface area (Å²) in [6.45, 7) is -0.0924. The molecule has 0 aliphatic rings. The fourth-order valence-corrected chi connectivity index (χ4v) is 1.78. The highest BCUT2D eigenvalue weighted by Crippen LogP contribution is 2.18. The first kappa shape index (κ1) is 14.3. The van der Waals surface area contributed by atoms with Gasteiger partial charge in [0.25, 0.3) is 0 Å². The molecule has 0 amide bonds. The van der Waals surface area contributed by atoms with Crippen molar-refractivity contribution in [1.82, 2.24) is 0 Å². The monoisotopic (exact) mass is 297 g/mol. The third kappa shape index (κ3) is 3.24. The van der Waals surface area contributed by atoms with Gasteiger partial charge in [-0.1, -0.05) is 23.7 Å². The number of esters is 1. The first-order valence-corrected chi connectivity index (χ1v) is 6.01. The Hall–Kier alpha value is -2.14. The van der Waals surface area contributed by atoms with Gasteiger partial charge in [0.2, 0.25) is 0 Å². The SMILES string of the molecule is Nc1cc(F)c(C(=O)OCc2cccc(Cl)c2)cc1F. The minimum absolute atomic E-state index is 0.0924. The first-order chi connectivity index (χ1) is 9.47. The number of nitrogens with two attached hydrogens (primary N) is 1. The number of anilines is 1. The normalized spacial score (nSPS) is 10.3. The van der Waals surface area contributed by atoms with Gasteiger partial charge >= 0.3 is 5.97 Å². The Morgan fingerprint density at radius 1 is 1.20 bits per heavy atom. The van der Waals surface area contributed by atoms with Crippen molar-refractivity contribution in [2.45, 2.75) is 6.61 Å². The van der Waals surface area contributed by atoms with Gasteiger partial charge in [-0.05, 0) is 23.8 Å². The summed E-state index contributed by atoms with van der Waals surface area (Å²) < 4.78 is 31.6. The maximum atomic E-state index is 13.5. The summed E-state index contributed by atoms with van der Waals surface area (Å²) in [5.41, 5.74) is 4.96. The van der Waals surface area contributed by atoms with E-state index >= 15 is 0 Å². The first-order valence-electron chi connectivity index (χ1n) is 5.63. The van der Waals surface area contributed by atoms with E-state index < -0.39 is 23.2 Å². The number of halogens is 3. The van der Waals surface area contributed by atoms with Crippen LogP contribution in [0.2, 0.25) is 5.02 Å². The van der Waals surface area contributed by atoms with Crippen LogP contribution in [0.15, 0.2) is 36.4 Å². The number of carbonyl (C=O) groups excluding carboxylic acids is 1. The molecule has 2 aromatic rings. The van der Waals surface area contributed by atoms with E-state index in [2.05, 4.69) is 0 Å². The van der Waals surface area contributed by atoms with Crippen molar-refractivity contribution < 1.29 is 18.3 Å². The van der Waals surface area contributed by atoms with Gasteiger partial charge in [0, 0.05) is 11.1 Å². The molecule has 0 fully saturated rings. The summed E-state index contributed by atoms with van der Waals surface area (Å²) >= 11 is 5.78. The molecule has 0 bridgehead atoms. The number of rotatable bonds is 3. The number of benzene rings is 2. The van der Waals surface area contributed by atoms with Gasteiger partial charge in [0.1, 0.15) is 18.2 Å². The topological polar surface area (TPSA) is 52.3 Å². The zero-order chi connectivity index (χ0) is 14.7. The lowest BCUT2D eigenvalue weighted by Crippen LogP contribution is -2.09. The standard InChI is InChI=1S/C14H10ClF2NO2/c15-9-3-1-2-8(4-9)7-20-14(19)10-5-12(17)13(18)6-11(10)16/h1-6H,7,18H2. The second kappa shape index (κ2) is 5.88. The van der Waals surface area contributed by atoms with Crippen LogP contribution in [0.25, 0.3) is 0 Å². The zero-order valence-electron chi connectivity index (χ0n) is 10.2. The fourth-order valence-electron chi connectivity index (χ4n) is 1.57. The van der Waals surface area contributed by atoms with Crippen LogP contribution >= 0.6 is 11.6 Å². The average Bonchev–Trinajstić information content (AvgIpc) is 2.40. The van der Waals surface area contributed by atoms with E-state index in [1.54, 1.807) is 24.3 Å². The Labute approximate surface area is 118 Å². The molecule has 0 spiro atoms. The summed E-state index contributed by atoms with van der Waals surface area (Å²) in [6.07, 6.45) is 0. The Kier molecular flexibility index (Phi) is 4.20. The lowest BCUT2D eigenvalue weighted by atomic mass is 10.2. The number of ether oxygens (including phenoxy) is 1. The minimum atomic E-state index is -0.971. The maximum Gasteiger partial charge on any atom is 0.341 e. The molecular formula is C14H10ClF2NO2. The summed E-state index contributed by atoms with van der Waals surface area (Å²) in [5.74, 6) is -2.78. The van der Waals surface area contributed by atoms with E-state index in [1.165, 1.54) is 0 Å². The second-order valence-corrected chi connectivity index (χ2v) is 4.50. The molecule has 0 saturated heterocycles. The highest BCUT2D eigenvalue weighted by Gasteiger charge is 2.16. The van der Waals surface area contributed by atoms with Crippen LogP contribution in [0.3, 0.4) is 0 Å². The van der Waals surface area contributed by atoms with Crippen molar-refractivity contribution in [3.05, 3.63) is 64.2 Å². The third-order valence-corrected chi connectivity index (χ3v) is 2.80. The van der Waals surface area contributed by atoms with Gasteiger partial charge in [-0.25, -0.2) is 13.6 Å². The van der Waals surface area contributed by atoms with Crippen molar-refractivity contribution >= 4 is 23.3 Å². The summed E-state index contributed by atoms with van der Waals surface area (Å²) in [4.78, 5) is 11.7. The van der Waals surface area contributed by atoms with Gasteiger partial charge in [0.05, 0.1) is 11.3 Å². The van der Waals surface area contributed by atoms with E-state index in [0.29, 0.717) is 16.7 Å². The molecule has 3 nitrogen and oxygen atoms in total. The van der Waals surface area contributed by atoms with Crippen LogP contribution in [0.4, 0.5) is 14.5 Å². The maximum absolute atomic E-state index is 13.5. The molecule has 6 heteroatoms. The lowest BCUT2D eigenvalue weighted by molar-refractivity contribution is 0.0467. The predicted octanol–water partition coefficient (Wildman–Crippen LogP) is 3.56. The fraction of sp³-hybridized carbons (Fsp3) is 0.0714. The molecule has 0 heterocycles. The minimum Gasteiger partial charge on any atom is -0.457 e. The van der Waals surface area contributed by atoms with Crippen molar-refractivity contribution in [3.8, 4) is 0 Å². The molecular weight excluding hydrogens is 288 g/mol. The molecule has 0 radical (unpaired) electrons. The molecule has 0 aliphatic carbocycles. The predicted molar refractivity (Wildman–Crippen MR) is 71.3 cm³/mol. The largest absolute Gasteiger partial charge is 0.457 e. The van der Waals surface area contributed by atoms with Crippen LogP contribution in [0.1, 0.15) is 15.9 Å². The molecule has 2 N–H and O–H groups in total. The second-order valence-electron chi connectivity index (χ2n) is 4.06. The number of nitrogen functional groups attached to an aromatic ring is 1. The van der Waals surface area contributed by atoms with E-state index in [0.717, 1.165) is 6.07 Å². The van der Waals surface area contributed by atoms with Gasteiger partial charge < -0.3 is 10.5 Å². The van der Waals surface area contributed by atoms with Crippen LogP contribution in [-0.4, -0.2) is 5.97 Å². The van der Waals surface area contributed by atoms with Gasteiger partial charge in [0.15, 0.2) is 0 Å². The number of carbonyl (C=O) groups is 1. The molecule has 2 aromatic carbocycles. The van der Waals surface area contributed by atoms with Crippen LogP contribution in [0, 0.1) is 11.6 Å². The Balaban J connectivity index is 2.11. The van der Waals surface area contributed by atoms with E-state index in [9.17, 15) is 13.6 Å². The lowest BCUT2D eigenvalue weighted by Gasteiger charge is -2.07. The smallest absolute Gasteiger partial charge is 0.341 e. The quantitative estimate of drug-likeness (QED) is 0.696. The molecule has 0 saturated carbocycles. The average molecular weight is 298 g/mol. The summed E-state index contributed by atoms with van der Waals surface area (Å²) in [7, 11) is 0. The van der Waals surface area contributed by atoms with Gasteiger partial charge in [-0.2, -0.15) is 0 Å². The molecule has 0 unspecified atom stereocenters. The Morgan fingerprint density at radius 2 is 1.95 bits per heavy atom.